The summed E-state index contributed by atoms with van der Waals surface area (Å²) in [7, 11) is 0. The van der Waals surface area contributed by atoms with E-state index in [1.165, 1.54) is 38.6 Å². The summed E-state index contributed by atoms with van der Waals surface area (Å²) >= 11 is 0. The summed E-state index contributed by atoms with van der Waals surface area (Å²) in [6, 6.07) is 2.93. The molecule has 0 radical (unpaired) electrons. The van der Waals surface area contributed by atoms with E-state index in [4.69, 9.17) is 4.52 Å². The van der Waals surface area contributed by atoms with Gasteiger partial charge in [0, 0.05) is 18.7 Å². The minimum absolute atomic E-state index is 0.670. The molecule has 3 rings (SSSR count). The van der Waals surface area contributed by atoms with Crippen molar-refractivity contribution in [3.05, 3.63) is 17.5 Å². The second-order valence-corrected chi connectivity index (χ2v) is 7.18. The number of rotatable bonds is 6. The monoisotopic (exact) mass is 291 g/mol. The van der Waals surface area contributed by atoms with Gasteiger partial charge in [-0.3, -0.25) is 4.90 Å². The third kappa shape index (κ3) is 3.86. The molecule has 1 aromatic rings. The number of nitrogens with one attached hydrogen (secondary N) is 1. The van der Waals surface area contributed by atoms with Crippen LogP contribution in [0.4, 0.5) is 0 Å². The fourth-order valence-corrected chi connectivity index (χ4v) is 3.96. The molecule has 1 aromatic heterocycles. The molecular weight excluding hydrogens is 262 g/mol. The predicted molar refractivity (Wildman–Crippen MR) is 83.8 cm³/mol. The molecule has 0 aromatic carbocycles. The Morgan fingerprint density at radius 3 is 3.05 bits per heavy atom. The van der Waals surface area contributed by atoms with E-state index in [0.717, 1.165) is 43.0 Å². The van der Waals surface area contributed by atoms with E-state index in [-0.39, 0.29) is 0 Å². The van der Waals surface area contributed by atoms with Crippen LogP contribution in [0.1, 0.15) is 57.4 Å². The minimum Gasteiger partial charge on any atom is -0.360 e. The van der Waals surface area contributed by atoms with Crippen molar-refractivity contribution in [2.24, 2.45) is 11.8 Å². The van der Waals surface area contributed by atoms with Crippen molar-refractivity contribution in [3.8, 4) is 0 Å². The van der Waals surface area contributed by atoms with Crippen molar-refractivity contribution in [3.63, 3.8) is 0 Å². The van der Waals surface area contributed by atoms with Crippen LogP contribution in [-0.4, -0.2) is 29.2 Å². The molecule has 2 atom stereocenters. The molecule has 2 unspecified atom stereocenters. The molecule has 2 fully saturated rings. The zero-order chi connectivity index (χ0) is 14.7. The summed E-state index contributed by atoms with van der Waals surface area (Å²) in [6.07, 6.45) is 7.00. The zero-order valence-electron chi connectivity index (χ0n) is 13.5. The van der Waals surface area contributed by atoms with Crippen molar-refractivity contribution in [1.82, 2.24) is 15.4 Å². The Labute approximate surface area is 128 Å². The Morgan fingerprint density at radius 1 is 1.33 bits per heavy atom. The van der Waals surface area contributed by atoms with E-state index < -0.39 is 0 Å². The van der Waals surface area contributed by atoms with Gasteiger partial charge in [0.15, 0.2) is 5.76 Å². The highest BCUT2D eigenvalue weighted by molar-refractivity contribution is 5.06. The Balaban J connectivity index is 1.52. The smallest absolute Gasteiger partial charge is 0.151 e. The van der Waals surface area contributed by atoms with E-state index in [1.54, 1.807) is 0 Å². The predicted octanol–water partition coefficient (Wildman–Crippen LogP) is 3.18. The number of hydrogen-bond acceptors (Lipinski definition) is 4. The van der Waals surface area contributed by atoms with Gasteiger partial charge in [-0.05, 0) is 50.6 Å². The first-order valence-corrected chi connectivity index (χ1v) is 8.61. The van der Waals surface area contributed by atoms with E-state index in [1.807, 2.05) is 0 Å². The van der Waals surface area contributed by atoms with Crippen molar-refractivity contribution < 1.29 is 4.52 Å². The Hall–Kier alpha value is -0.870. The summed E-state index contributed by atoms with van der Waals surface area (Å²) < 4.78 is 5.54. The van der Waals surface area contributed by atoms with E-state index in [0.29, 0.717) is 5.92 Å². The molecule has 0 bridgehead atoms. The van der Waals surface area contributed by atoms with Crippen molar-refractivity contribution in [1.29, 1.82) is 0 Å². The minimum atomic E-state index is 0.670. The van der Waals surface area contributed by atoms with Crippen LogP contribution >= 0.6 is 0 Å². The van der Waals surface area contributed by atoms with Gasteiger partial charge in [-0.1, -0.05) is 25.4 Å². The largest absolute Gasteiger partial charge is 0.360 e. The van der Waals surface area contributed by atoms with E-state index in [2.05, 4.69) is 35.3 Å². The Morgan fingerprint density at radius 2 is 2.19 bits per heavy atom. The van der Waals surface area contributed by atoms with Crippen molar-refractivity contribution >= 4 is 0 Å². The average molecular weight is 291 g/mol. The van der Waals surface area contributed by atoms with Gasteiger partial charge >= 0.3 is 0 Å². The standard InChI is InChI=1S/C17H29N3O/c1-13(2)10-18-11-15-9-16(21-19-15)12-20-8-4-6-14-5-3-7-17(14)20/h9,13-14,17-18H,3-8,10-12H2,1-2H3. The van der Waals surface area contributed by atoms with E-state index in [9.17, 15) is 0 Å². The molecule has 1 saturated carbocycles. The summed E-state index contributed by atoms with van der Waals surface area (Å²) in [5, 5.41) is 7.62. The second kappa shape index (κ2) is 6.93. The lowest BCUT2D eigenvalue weighted by molar-refractivity contribution is 0.0952. The number of likely N-dealkylation sites (tertiary alicyclic amines) is 1. The number of piperidine rings is 1. The maximum atomic E-state index is 5.54. The van der Waals surface area contributed by atoms with Gasteiger partial charge in [-0.25, -0.2) is 0 Å². The quantitative estimate of drug-likeness (QED) is 0.874. The molecule has 118 valence electrons. The number of aromatic nitrogens is 1. The molecule has 4 nitrogen and oxygen atoms in total. The van der Waals surface area contributed by atoms with Crippen molar-refractivity contribution in [2.75, 3.05) is 13.1 Å². The normalized spacial score (nSPS) is 26.4. The lowest BCUT2D eigenvalue weighted by Crippen LogP contribution is -2.41. The SMILES string of the molecule is CC(C)CNCc1cc(CN2CCCC3CCCC32)on1. The molecule has 1 aliphatic carbocycles. The zero-order valence-corrected chi connectivity index (χ0v) is 13.5. The van der Waals surface area contributed by atoms with Gasteiger partial charge in [-0.2, -0.15) is 0 Å². The summed E-state index contributed by atoms with van der Waals surface area (Å²) in [5.74, 6) is 2.64. The molecule has 2 heterocycles. The first-order valence-electron chi connectivity index (χ1n) is 8.61. The number of hydrogen-bond donors (Lipinski definition) is 1. The van der Waals surface area contributed by atoms with Crippen LogP contribution in [-0.2, 0) is 13.1 Å². The lowest BCUT2D eigenvalue weighted by atomic mass is 9.92. The van der Waals surface area contributed by atoms with Gasteiger partial charge in [0.2, 0.25) is 0 Å². The topological polar surface area (TPSA) is 41.3 Å². The van der Waals surface area contributed by atoms with Crippen LogP contribution in [0.5, 0.6) is 0 Å². The molecule has 1 saturated heterocycles. The fraction of sp³-hybridized carbons (Fsp3) is 0.824. The number of fused-ring (bicyclic) bond motifs is 1. The first kappa shape index (κ1) is 15.0. The van der Waals surface area contributed by atoms with Crippen LogP contribution in [0.25, 0.3) is 0 Å². The molecule has 21 heavy (non-hydrogen) atoms. The summed E-state index contributed by atoms with van der Waals surface area (Å²) in [5.41, 5.74) is 1.03. The molecule has 4 heteroatoms. The van der Waals surface area contributed by atoms with Crippen LogP contribution in [0, 0.1) is 11.8 Å². The van der Waals surface area contributed by atoms with E-state index >= 15 is 0 Å². The van der Waals surface area contributed by atoms with Gasteiger partial charge in [0.1, 0.15) is 0 Å². The van der Waals surface area contributed by atoms with Gasteiger partial charge < -0.3 is 9.84 Å². The first-order chi connectivity index (χ1) is 10.2. The van der Waals surface area contributed by atoms with Gasteiger partial charge in [0.25, 0.3) is 0 Å². The molecule has 0 amide bonds. The second-order valence-electron chi connectivity index (χ2n) is 7.18. The molecule has 1 N–H and O–H groups in total. The third-order valence-corrected chi connectivity index (χ3v) is 4.93. The third-order valence-electron chi connectivity index (χ3n) is 4.93. The maximum absolute atomic E-state index is 5.54. The number of nitrogens with zero attached hydrogens (tertiary/aromatic N) is 2. The highest BCUT2D eigenvalue weighted by Crippen LogP contribution is 2.37. The Bertz CT molecular complexity index is 443. The van der Waals surface area contributed by atoms with Crippen molar-refractivity contribution in [2.45, 2.75) is 65.1 Å². The van der Waals surface area contributed by atoms with Crippen LogP contribution < -0.4 is 5.32 Å². The highest BCUT2D eigenvalue weighted by atomic mass is 16.5. The van der Waals surface area contributed by atoms with Crippen LogP contribution in [0.15, 0.2) is 10.6 Å². The lowest BCUT2D eigenvalue weighted by Gasteiger charge is -2.37. The average Bonchev–Trinajstić information content (AvgIpc) is 3.08. The summed E-state index contributed by atoms with van der Waals surface area (Å²) in [4.78, 5) is 2.63. The molecule has 2 aliphatic rings. The highest BCUT2D eigenvalue weighted by Gasteiger charge is 2.35. The molecule has 1 aliphatic heterocycles. The van der Waals surface area contributed by atoms with Crippen LogP contribution in [0.2, 0.25) is 0 Å². The molecule has 0 spiro atoms. The summed E-state index contributed by atoms with van der Waals surface area (Å²) in [6.45, 7) is 8.44. The maximum Gasteiger partial charge on any atom is 0.151 e. The van der Waals surface area contributed by atoms with Gasteiger partial charge in [-0.15, -0.1) is 0 Å². The van der Waals surface area contributed by atoms with Gasteiger partial charge in [0.05, 0.1) is 12.2 Å². The Kier molecular flexibility index (Phi) is 4.96. The van der Waals surface area contributed by atoms with Crippen LogP contribution in [0.3, 0.4) is 0 Å². The fourth-order valence-electron chi connectivity index (χ4n) is 3.96. The molecular formula is C17H29N3O.